The molecule has 0 saturated heterocycles. The van der Waals surface area contributed by atoms with Gasteiger partial charge in [0.15, 0.2) is 4.47 Å². The standard InChI is InChI=1S/C21H15ClFN4OS/c1-25-11-16(15-6-5-13(23)8-18(15)25)17-12-26(10-14-9-24-21(22)29-14)19-4-2-3-7-27(19)20(17)28/h2-9,11-12H,10H2,1H3/q+1. The molecule has 5 nitrogen and oxygen atoms in total. The van der Waals surface area contributed by atoms with Gasteiger partial charge in [0.1, 0.15) is 24.1 Å². The Balaban J connectivity index is 1.79. The van der Waals surface area contributed by atoms with Crippen LogP contribution in [0.5, 0.6) is 0 Å². The van der Waals surface area contributed by atoms with E-state index >= 15 is 0 Å². The van der Waals surface area contributed by atoms with Gasteiger partial charge in [-0.1, -0.05) is 17.7 Å². The van der Waals surface area contributed by atoms with Crippen molar-refractivity contribution in [3.05, 3.63) is 86.7 Å². The van der Waals surface area contributed by atoms with Crippen molar-refractivity contribution in [3.63, 3.8) is 0 Å². The molecule has 0 fully saturated rings. The number of rotatable bonds is 3. The molecule has 5 rings (SSSR count). The van der Waals surface area contributed by atoms with Crippen molar-refractivity contribution in [2.75, 3.05) is 0 Å². The number of fused-ring (bicyclic) bond motifs is 2. The Morgan fingerprint density at radius 3 is 2.90 bits per heavy atom. The fourth-order valence-corrected chi connectivity index (χ4v) is 4.63. The summed E-state index contributed by atoms with van der Waals surface area (Å²) in [4.78, 5) is 18.4. The van der Waals surface area contributed by atoms with E-state index in [1.165, 1.54) is 23.5 Å². The highest BCUT2D eigenvalue weighted by Gasteiger charge is 2.21. The van der Waals surface area contributed by atoms with Gasteiger partial charge in [-0.15, -0.1) is 11.3 Å². The maximum absolute atomic E-state index is 13.7. The fourth-order valence-electron chi connectivity index (χ4n) is 3.65. The molecule has 0 radical (unpaired) electrons. The van der Waals surface area contributed by atoms with Crippen LogP contribution in [0, 0.1) is 5.82 Å². The average Bonchev–Trinajstić information content (AvgIpc) is 3.27. The lowest BCUT2D eigenvalue weighted by Crippen LogP contribution is -2.40. The van der Waals surface area contributed by atoms with E-state index in [1.54, 1.807) is 22.9 Å². The average molecular weight is 426 g/mol. The van der Waals surface area contributed by atoms with Crippen molar-refractivity contribution in [2.24, 2.45) is 7.05 Å². The van der Waals surface area contributed by atoms with E-state index in [2.05, 4.69) is 4.98 Å². The first-order valence-corrected chi connectivity index (χ1v) is 10.1. The van der Waals surface area contributed by atoms with Crippen LogP contribution in [0.1, 0.15) is 4.88 Å². The van der Waals surface area contributed by atoms with Crippen LogP contribution in [0.25, 0.3) is 27.7 Å². The van der Waals surface area contributed by atoms with Gasteiger partial charge in [-0.25, -0.2) is 18.7 Å². The number of hydrogen-bond donors (Lipinski definition) is 0. The molecule has 0 aliphatic rings. The van der Waals surface area contributed by atoms with Crippen LogP contribution in [-0.4, -0.2) is 14.0 Å². The monoisotopic (exact) mass is 425 g/mol. The molecule has 0 spiro atoms. The SMILES string of the molecule is Cn1cc(-c2c[n+](Cc3cnc(Cl)s3)c3ccccn3c2=O)c2ccc(F)cc21. The van der Waals surface area contributed by atoms with E-state index in [0.717, 1.165) is 27.0 Å². The summed E-state index contributed by atoms with van der Waals surface area (Å²) in [6, 6.07) is 10.2. The van der Waals surface area contributed by atoms with Crippen molar-refractivity contribution >= 4 is 39.5 Å². The second-order valence-corrected chi connectivity index (χ2v) is 8.50. The molecule has 4 aromatic heterocycles. The maximum Gasteiger partial charge on any atom is 0.350 e. The lowest BCUT2D eigenvalue weighted by molar-refractivity contribution is -0.664. The molecule has 0 saturated carbocycles. The fraction of sp³-hybridized carbons (Fsp3) is 0.0952. The van der Waals surface area contributed by atoms with Gasteiger partial charge in [0.2, 0.25) is 0 Å². The van der Waals surface area contributed by atoms with E-state index in [0.29, 0.717) is 16.6 Å². The highest BCUT2D eigenvalue weighted by atomic mass is 35.5. The smallest absolute Gasteiger partial charge is 0.350 e. The van der Waals surface area contributed by atoms with Crippen LogP contribution in [-0.2, 0) is 13.6 Å². The zero-order valence-electron chi connectivity index (χ0n) is 15.3. The van der Waals surface area contributed by atoms with Crippen molar-refractivity contribution < 1.29 is 8.96 Å². The summed E-state index contributed by atoms with van der Waals surface area (Å²) >= 11 is 7.39. The van der Waals surface area contributed by atoms with Crippen LogP contribution in [0.4, 0.5) is 4.39 Å². The third-order valence-electron chi connectivity index (χ3n) is 4.96. The summed E-state index contributed by atoms with van der Waals surface area (Å²) in [7, 11) is 1.84. The lowest BCUT2D eigenvalue weighted by Gasteiger charge is -2.06. The Kier molecular flexibility index (Phi) is 4.22. The van der Waals surface area contributed by atoms with Gasteiger partial charge in [0, 0.05) is 36.5 Å². The summed E-state index contributed by atoms with van der Waals surface area (Å²) in [5, 5.41) is 0.828. The molecule has 0 bridgehead atoms. The van der Waals surface area contributed by atoms with Gasteiger partial charge in [0.05, 0.1) is 16.6 Å². The van der Waals surface area contributed by atoms with Gasteiger partial charge in [-0.2, -0.15) is 4.40 Å². The van der Waals surface area contributed by atoms with E-state index in [-0.39, 0.29) is 11.4 Å². The zero-order chi connectivity index (χ0) is 20.1. The molecule has 5 aromatic rings. The Bertz CT molecular complexity index is 1450. The number of nitrogens with zero attached hydrogens (tertiary/aromatic N) is 4. The van der Waals surface area contributed by atoms with Crippen molar-refractivity contribution in [1.29, 1.82) is 0 Å². The second-order valence-electron chi connectivity index (χ2n) is 6.80. The number of hydrogen-bond acceptors (Lipinski definition) is 3. The third-order valence-corrected chi connectivity index (χ3v) is 6.06. The highest BCUT2D eigenvalue weighted by Crippen LogP contribution is 2.28. The molecule has 29 heavy (non-hydrogen) atoms. The van der Waals surface area contributed by atoms with Crippen molar-refractivity contribution in [2.45, 2.75) is 6.54 Å². The van der Waals surface area contributed by atoms with Crippen LogP contribution in [0.3, 0.4) is 0 Å². The summed E-state index contributed by atoms with van der Waals surface area (Å²) < 4.78 is 19.7. The predicted molar refractivity (Wildman–Crippen MR) is 112 cm³/mol. The third kappa shape index (κ3) is 3.03. The number of aryl methyl sites for hydroxylation is 1. The van der Waals surface area contributed by atoms with Gasteiger partial charge >= 0.3 is 5.56 Å². The number of aromatic nitrogens is 4. The number of benzene rings is 1. The minimum atomic E-state index is -0.308. The number of halogens is 2. The molecule has 144 valence electrons. The summed E-state index contributed by atoms with van der Waals surface area (Å²) in [5.74, 6) is -0.308. The molecule has 0 N–H and O–H groups in total. The van der Waals surface area contributed by atoms with E-state index in [1.807, 2.05) is 46.8 Å². The topological polar surface area (TPSA) is 43.2 Å². The van der Waals surface area contributed by atoms with E-state index in [9.17, 15) is 9.18 Å². The Morgan fingerprint density at radius 1 is 1.24 bits per heavy atom. The predicted octanol–water partition coefficient (Wildman–Crippen LogP) is 4.04. The Labute approximate surface area is 173 Å². The highest BCUT2D eigenvalue weighted by molar-refractivity contribution is 7.15. The summed E-state index contributed by atoms with van der Waals surface area (Å²) in [5.41, 5.74) is 2.68. The van der Waals surface area contributed by atoms with Crippen LogP contribution in [0.2, 0.25) is 4.47 Å². The van der Waals surface area contributed by atoms with Gasteiger partial charge in [0.25, 0.3) is 5.65 Å². The molecule has 0 atom stereocenters. The Morgan fingerprint density at radius 2 is 2.10 bits per heavy atom. The maximum atomic E-state index is 13.7. The summed E-state index contributed by atoms with van der Waals surface area (Å²) in [6.45, 7) is 0.532. The van der Waals surface area contributed by atoms with Crippen LogP contribution < -0.4 is 10.1 Å². The second kappa shape index (κ2) is 6.79. The minimum absolute atomic E-state index is 0.129. The van der Waals surface area contributed by atoms with Gasteiger partial charge < -0.3 is 4.57 Å². The van der Waals surface area contributed by atoms with Crippen molar-refractivity contribution in [3.8, 4) is 11.1 Å². The molecule has 8 heteroatoms. The van der Waals surface area contributed by atoms with Gasteiger partial charge in [-0.3, -0.25) is 0 Å². The molecular weight excluding hydrogens is 411 g/mol. The molecule has 4 heterocycles. The van der Waals surface area contributed by atoms with E-state index < -0.39 is 0 Å². The summed E-state index contributed by atoms with van der Waals surface area (Å²) in [6.07, 6.45) is 7.21. The van der Waals surface area contributed by atoms with Crippen LogP contribution in [0.15, 0.2) is 66.0 Å². The molecule has 1 aromatic carbocycles. The largest absolute Gasteiger partial charge is 0.350 e. The quantitative estimate of drug-likeness (QED) is 0.409. The molecule has 0 aliphatic heterocycles. The Hall–Kier alpha value is -3.03. The minimum Gasteiger partial charge on any atom is -0.350 e. The molecule has 0 aliphatic carbocycles. The number of thiazole rings is 1. The molecular formula is C21H15ClFN4OS+. The first-order valence-electron chi connectivity index (χ1n) is 8.90. The normalized spacial score (nSPS) is 11.6. The van der Waals surface area contributed by atoms with Crippen molar-refractivity contribution in [1.82, 2.24) is 14.0 Å². The van der Waals surface area contributed by atoms with Gasteiger partial charge in [-0.05, 0) is 24.3 Å². The molecule has 0 unspecified atom stereocenters. The lowest BCUT2D eigenvalue weighted by atomic mass is 10.1. The first-order chi connectivity index (χ1) is 14.0. The zero-order valence-corrected chi connectivity index (χ0v) is 16.9. The molecule has 0 amide bonds. The number of pyridine rings is 1. The van der Waals surface area contributed by atoms with E-state index in [4.69, 9.17) is 11.6 Å². The first kappa shape index (κ1) is 18.0. The van der Waals surface area contributed by atoms with Crippen LogP contribution >= 0.6 is 22.9 Å².